The van der Waals surface area contributed by atoms with E-state index in [1.807, 2.05) is 0 Å². The summed E-state index contributed by atoms with van der Waals surface area (Å²) in [6.45, 7) is 6.90. The van der Waals surface area contributed by atoms with Gasteiger partial charge in [0.05, 0.1) is 11.1 Å². The van der Waals surface area contributed by atoms with Crippen molar-refractivity contribution in [1.82, 2.24) is 21.3 Å². The number of carboxylic acid groups (broad SMARTS) is 2. The first-order chi connectivity index (χ1) is 14.8. The van der Waals surface area contributed by atoms with Crippen LogP contribution in [0.2, 0.25) is 0 Å². The van der Waals surface area contributed by atoms with Crippen LogP contribution in [0.4, 0.5) is 0 Å². The number of carbonyl (C=O) groups excluding carboxylic acids is 4. The Hall–Kier alpha value is -3.44. The second-order valence-corrected chi connectivity index (χ2v) is 8.56. The molecule has 2 aliphatic heterocycles. The van der Waals surface area contributed by atoms with E-state index in [0.29, 0.717) is 0 Å². The summed E-state index contributed by atoms with van der Waals surface area (Å²) < 4.78 is 0. The van der Waals surface area contributed by atoms with E-state index in [0.717, 1.165) is 0 Å². The summed E-state index contributed by atoms with van der Waals surface area (Å²) in [7, 11) is 0. The Morgan fingerprint density at radius 2 is 0.969 bits per heavy atom. The van der Waals surface area contributed by atoms with Crippen LogP contribution in [0.15, 0.2) is 11.1 Å². The minimum Gasteiger partial charge on any atom is -0.478 e. The molecule has 0 radical (unpaired) electrons. The van der Waals surface area contributed by atoms with Gasteiger partial charge in [0.25, 0.3) is 0 Å². The van der Waals surface area contributed by atoms with Gasteiger partial charge >= 0.3 is 11.9 Å². The molecule has 0 spiro atoms. The Morgan fingerprint density at radius 3 is 1.22 bits per heavy atom. The van der Waals surface area contributed by atoms with Gasteiger partial charge in [-0.25, -0.2) is 9.59 Å². The smallest absolute Gasteiger partial charge is 0.332 e. The summed E-state index contributed by atoms with van der Waals surface area (Å²) in [5, 5.41) is 29.1. The van der Waals surface area contributed by atoms with Crippen molar-refractivity contribution in [1.29, 1.82) is 0 Å². The third-order valence-corrected chi connectivity index (χ3v) is 5.46. The highest BCUT2D eigenvalue weighted by Crippen LogP contribution is 2.21. The highest BCUT2D eigenvalue weighted by molar-refractivity contribution is 6.03. The van der Waals surface area contributed by atoms with Gasteiger partial charge in [-0.3, -0.25) is 19.2 Å². The Morgan fingerprint density at radius 1 is 0.656 bits per heavy atom. The summed E-state index contributed by atoms with van der Waals surface area (Å²) in [5.74, 6) is -5.93. The van der Waals surface area contributed by atoms with E-state index in [9.17, 15) is 39.0 Å². The number of carbonyl (C=O) groups is 6. The molecule has 2 aliphatic rings. The molecule has 2 heterocycles. The summed E-state index contributed by atoms with van der Waals surface area (Å²) in [6.07, 6.45) is -1.20. The molecule has 32 heavy (non-hydrogen) atoms. The van der Waals surface area contributed by atoms with Crippen molar-refractivity contribution < 1.29 is 39.0 Å². The zero-order chi connectivity index (χ0) is 24.3. The van der Waals surface area contributed by atoms with Crippen LogP contribution in [0.25, 0.3) is 0 Å². The van der Waals surface area contributed by atoms with Crippen LogP contribution < -0.4 is 21.3 Å². The molecular weight excluding hydrogens is 424 g/mol. The molecular formula is C20H28N4O8. The van der Waals surface area contributed by atoms with Gasteiger partial charge in [-0.2, -0.15) is 0 Å². The molecule has 12 heteroatoms. The maximum absolute atomic E-state index is 12.4. The van der Waals surface area contributed by atoms with Gasteiger partial charge in [0, 0.05) is 12.8 Å². The molecule has 2 fully saturated rings. The van der Waals surface area contributed by atoms with E-state index in [1.165, 1.54) is 0 Å². The topological polar surface area (TPSA) is 191 Å². The number of hydrogen-bond donors (Lipinski definition) is 6. The maximum Gasteiger partial charge on any atom is 0.332 e. The molecule has 2 saturated heterocycles. The monoisotopic (exact) mass is 452 g/mol. The van der Waals surface area contributed by atoms with Crippen LogP contribution in [0, 0.1) is 11.8 Å². The second kappa shape index (κ2) is 9.79. The number of rotatable bonds is 8. The third kappa shape index (κ3) is 5.42. The molecule has 176 valence electrons. The molecule has 0 aromatic heterocycles. The Bertz CT molecular complexity index is 809. The summed E-state index contributed by atoms with van der Waals surface area (Å²) in [4.78, 5) is 72.9. The lowest BCUT2D eigenvalue weighted by atomic mass is 9.91. The molecule has 2 rings (SSSR count). The first-order valence-corrected chi connectivity index (χ1v) is 10.2. The van der Waals surface area contributed by atoms with Crippen LogP contribution in [0.3, 0.4) is 0 Å². The molecule has 0 aromatic carbocycles. The fraction of sp³-hybridized carbons (Fsp3) is 0.600. The van der Waals surface area contributed by atoms with E-state index in [2.05, 4.69) is 21.3 Å². The molecule has 0 saturated carbocycles. The standard InChI is InChI=1S/C20H28N4O8/c1-7(2)13-17(27)21-11(15(25)23-13)5-9(19(29)30)10(20(31)32)6-12-16(26)24-14(8(3)4)18(28)22-12/h7-8,11-14H,5-6H2,1-4H3,(H,21,27)(H,22,28)(H,23,25)(H,24,26)(H,29,30)(H,31,32)/t11-,12-,13-,14-/m0/s1. The maximum atomic E-state index is 12.4. The van der Waals surface area contributed by atoms with Crippen LogP contribution in [0.5, 0.6) is 0 Å². The zero-order valence-corrected chi connectivity index (χ0v) is 18.2. The SMILES string of the molecule is CC(C)[C@@H]1NC(=O)[C@H](CC(C(=O)O)=C(C[C@@H]2NC(=O)[C@H](C(C)C)NC2=O)C(=O)O)NC1=O. The molecule has 0 aliphatic carbocycles. The van der Waals surface area contributed by atoms with Gasteiger partial charge in [-0.1, -0.05) is 27.7 Å². The van der Waals surface area contributed by atoms with E-state index in [4.69, 9.17) is 0 Å². The summed E-state index contributed by atoms with van der Waals surface area (Å²) in [6, 6.07) is -4.16. The van der Waals surface area contributed by atoms with Crippen molar-refractivity contribution in [3.8, 4) is 0 Å². The average Bonchev–Trinajstić information content (AvgIpc) is 2.67. The number of piperazine rings is 2. The molecule has 4 amide bonds. The minimum absolute atomic E-state index is 0.202. The third-order valence-electron chi connectivity index (χ3n) is 5.46. The fourth-order valence-electron chi connectivity index (χ4n) is 3.61. The van der Waals surface area contributed by atoms with E-state index in [1.54, 1.807) is 27.7 Å². The molecule has 4 atom stereocenters. The first-order valence-electron chi connectivity index (χ1n) is 10.2. The van der Waals surface area contributed by atoms with Crippen molar-refractivity contribution >= 4 is 35.6 Å². The van der Waals surface area contributed by atoms with E-state index < -0.39 is 83.7 Å². The zero-order valence-electron chi connectivity index (χ0n) is 18.2. The quantitative estimate of drug-likeness (QED) is 0.240. The lowest BCUT2D eigenvalue weighted by Crippen LogP contribution is -2.63. The summed E-state index contributed by atoms with van der Waals surface area (Å²) >= 11 is 0. The fourth-order valence-corrected chi connectivity index (χ4v) is 3.61. The first kappa shape index (κ1) is 24.8. The van der Waals surface area contributed by atoms with Gasteiger partial charge in [-0.05, 0) is 11.8 Å². The van der Waals surface area contributed by atoms with E-state index in [-0.39, 0.29) is 11.8 Å². The summed E-state index contributed by atoms with van der Waals surface area (Å²) in [5.41, 5.74) is -1.29. The molecule has 0 unspecified atom stereocenters. The van der Waals surface area contributed by atoms with Crippen molar-refractivity contribution in [2.45, 2.75) is 64.7 Å². The van der Waals surface area contributed by atoms with Crippen LogP contribution >= 0.6 is 0 Å². The minimum atomic E-state index is -1.61. The van der Waals surface area contributed by atoms with Gasteiger partial charge in [0.15, 0.2) is 0 Å². The van der Waals surface area contributed by atoms with Crippen LogP contribution in [-0.4, -0.2) is 69.9 Å². The van der Waals surface area contributed by atoms with Gasteiger partial charge in [0.1, 0.15) is 24.2 Å². The Labute approximate surface area is 184 Å². The van der Waals surface area contributed by atoms with Gasteiger partial charge < -0.3 is 31.5 Å². The van der Waals surface area contributed by atoms with Crippen molar-refractivity contribution in [3.63, 3.8) is 0 Å². The number of hydrogen-bond acceptors (Lipinski definition) is 6. The van der Waals surface area contributed by atoms with E-state index >= 15 is 0 Å². The van der Waals surface area contributed by atoms with Gasteiger partial charge in [0.2, 0.25) is 23.6 Å². The molecule has 6 N–H and O–H groups in total. The Kier molecular flexibility index (Phi) is 7.60. The highest BCUT2D eigenvalue weighted by Gasteiger charge is 2.40. The lowest BCUT2D eigenvalue weighted by molar-refractivity contribution is -0.139. The molecule has 0 aromatic rings. The van der Waals surface area contributed by atoms with Gasteiger partial charge in [-0.15, -0.1) is 0 Å². The van der Waals surface area contributed by atoms with Crippen LogP contribution in [0.1, 0.15) is 40.5 Å². The largest absolute Gasteiger partial charge is 0.478 e. The van der Waals surface area contributed by atoms with Crippen molar-refractivity contribution in [3.05, 3.63) is 11.1 Å². The predicted octanol–water partition coefficient (Wildman–Crippen LogP) is -1.49. The average molecular weight is 452 g/mol. The highest BCUT2D eigenvalue weighted by atomic mass is 16.4. The Balaban J connectivity index is 2.29. The lowest BCUT2D eigenvalue weighted by Gasteiger charge is -2.33. The number of nitrogens with one attached hydrogen (secondary N) is 4. The number of amides is 4. The number of aliphatic carboxylic acids is 2. The second-order valence-electron chi connectivity index (χ2n) is 8.56. The van der Waals surface area contributed by atoms with Crippen LogP contribution in [-0.2, 0) is 28.8 Å². The van der Waals surface area contributed by atoms with Crippen molar-refractivity contribution in [2.75, 3.05) is 0 Å². The number of carboxylic acids is 2. The molecule has 0 bridgehead atoms. The van der Waals surface area contributed by atoms with Crippen molar-refractivity contribution in [2.24, 2.45) is 11.8 Å². The normalized spacial score (nSPS) is 26.7. The predicted molar refractivity (Wildman–Crippen MR) is 109 cm³/mol. The molecule has 12 nitrogen and oxygen atoms in total.